The van der Waals surface area contributed by atoms with Crippen LogP contribution in [-0.4, -0.2) is 27.1 Å². The van der Waals surface area contributed by atoms with E-state index in [0.717, 1.165) is 36.9 Å². The van der Waals surface area contributed by atoms with Crippen molar-refractivity contribution in [3.05, 3.63) is 17.1 Å². The van der Waals surface area contributed by atoms with Crippen LogP contribution in [-0.2, 0) is 17.6 Å². The fraction of sp³-hybridized carbons (Fsp3) is 0.583. The standard InChI is InChI=1S/C12H17N3O2/c1-7(12(16)17)13-11-9-5-3-4-6-10(9)14-8(2)15-11/h7H,3-6H2,1-2H3,(H,16,17)(H,13,14,15)/t7-/m1/s1. The minimum Gasteiger partial charge on any atom is -0.480 e. The summed E-state index contributed by atoms with van der Waals surface area (Å²) in [6.07, 6.45) is 4.17. The molecule has 2 rings (SSSR count). The number of carboxylic acid groups (broad SMARTS) is 1. The van der Waals surface area contributed by atoms with E-state index in [4.69, 9.17) is 5.11 Å². The van der Waals surface area contributed by atoms with Crippen molar-refractivity contribution in [3.8, 4) is 0 Å². The molecule has 0 aliphatic heterocycles. The Morgan fingerprint density at radius 2 is 2.06 bits per heavy atom. The summed E-state index contributed by atoms with van der Waals surface area (Å²) in [5.74, 6) is 0.527. The van der Waals surface area contributed by atoms with Gasteiger partial charge < -0.3 is 10.4 Å². The van der Waals surface area contributed by atoms with Crippen molar-refractivity contribution in [1.82, 2.24) is 9.97 Å². The van der Waals surface area contributed by atoms with Crippen LogP contribution in [0.4, 0.5) is 5.82 Å². The molecule has 5 heteroatoms. The molecular formula is C12H17N3O2. The van der Waals surface area contributed by atoms with Gasteiger partial charge in [0.2, 0.25) is 0 Å². The van der Waals surface area contributed by atoms with E-state index in [2.05, 4.69) is 15.3 Å². The minimum absolute atomic E-state index is 0.629. The van der Waals surface area contributed by atoms with Crippen LogP contribution in [0.3, 0.4) is 0 Å². The van der Waals surface area contributed by atoms with E-state index in [1.807, 2.05) is 6.92 Å². The molecule has 1 atom stereocenters. The Kier molecular flexibility index (Phi) is 3.26. The van der Waals surface area contributed by atoms with Crippen molar-refractivity contribution in [2.45, 2.75) is 45.6 Å². The highest BCUT2D eigenvalue weighted by molar-refractivity contribution is 5.76. The van der Waals surface area contributed by atoms with Crippen molar-refractivity contribution >= 4 is 11.8 Å². The number of anilines is 1. The number of nitrogens with zero attached hydrogens (tertiary/aromatic N) is 2. The topological polar surface area (TPSA) is 75.1 Å². The highest BCUT2D eigenvalue weighted by atomic mass is 16.4. The fourth-order valence-electron chi connectivity index (χ4n) is 2.10. The van der Waals surface area contributed by atoms with Gasteiger partial charge in [-0.2, -0.15) is 0 Å². The van der Waals surface area contributed by atoms with E-state index in [-0.39, 0.29) is 0 Å². The summed E-state index contributed by atoms with van der Waals surface area (Å²) in [7, 11) is 0. The first kappa shape index (κ1) is 11.8. The number of rotatable bonds is 3. The molecule has 1 aliphatic carbocycles. The zero-order chi connectivity index (χ0) is 12.4. The average Bonchev–Trinajstić information content (AvgIpc) is 2.28. The first-order chi connectivity index (χ1) is 8.08. The van der Waals surface area contributed by atoms with E-state index in [9.17, 15) is 4.79 Å². The molecule has 0 bridgehead atoms. The summed E-state index contributed by atoms with van der Waals surface area (Å²) in [6, 6.07) is -0.629. The Labute approximate surface area is 100 Å². The molecule has 1 heterocycles. The predicted octanol–water partition coefficient (Wildman–Crippen LogP) is 1.55. The van der Waals surface area contributed by atoms with Crippen LogP contribution in [0, 0.1) is 6.92 Å². The Morgan fingerprint density at radius 3 is 2.76 bits per heavy atom. The number of nitrogens with one attached hydrogen (secondary N) is 1. The number of hydrogen-bond donors (Lipinski definition) is 2. The molecule has 92 valence electrons. The summed E-state index contributed by atoms with van der Waals surface area (Å²) in [6.45, 7) is 3.46. The molecule has 0 unspecified atom stereocenters. The van der Waals surface area contributed by atoms with Gasteiger partial charge in [0.15, 0.2) is 0 Å². The predicted molar refractivity (Wildman–Crippen MR) is 64.1 cm³/mol. The highest BCUT2D eigenvalue weighted by Gasteiger charge is 2.19. The van der Waals surface area contributed by atoms with Gasteiger partial charge in [0.05, 0.1) is 0 Å². The van der Waals surface area contributed by atoms with E-state index in [0.29, 0.717) is 11.6 Å². The Morgan fingerprint density at radius 1 is 1.35 bits per heavy atom. The molecule has 0 spiro atoms. The van der Waals surface area contributed by atoms with Gasteiger partial charge in [-0.05, 0) is 39.5 Å². The molecule has 5 nitrogen and oxygen atoms in total. The summed E-state index contributed by atoms with van der Waals surface area (Å²) in [4.78, 5) is 19.6. The van der Waals surface area contributed by atoms with Gasteiger partial charge in [0, 0.05) is 11.3 Å². The molecule has 1 aliphatic rings. The third-order valence-corrected chi connectivity index (χ3v) is 3.02. The van der Waals surface area contributed by atoms with Gasteiger partial charge in [0.1, 0.15) is 17.7 Å². The average molecular weight is 235 g/mol. The van der Waals surface area contributed by atoms with Gasteiger partial charge >= 0.3 is 5.97 Å². The van der Waals surface area contributed by atoms with Crippen molar-refractivity contribution in [3.63, 3.8) is 0 Å². The molecule has 0 fully saturated rings. The number of aromatic nitrogens is 2. The van der Waals surface area contributed by atoms with Crippen LogP contribution >= 0.6 is 0 Å². The summed E-state index contributed by atoms with van der Waals surface area (Å²) in [5, 5.41) is 11.9. The van der Waals surface area contributed by atoms with Crippen LogP contribution in [0.15, 0.2) is 0 Å². The van der Waals surface area contributed by atoms with Crippen molar-refractivity contribution in [2.24, 2.45) is 0 Å². The molecule has 1 aromatic rings. The second-order valence-electron chi connectivity index (χ2n) is 4.46. The maximum absolute atomic E-state index is 10.9. The molecule has 0 amide bonds. The maximum atomic E-state index is 10.9. The van der Waals surface area contributed by atoms with Gasteiger partial charge in [-0.25, -0.2) is 9.97 Å². The lowest BCUT2D eigenvalue weighted by molar-refractivity contribution is -0.137. The van der Waals surface area contributed by atoms with Crippen molar-refractivity contribution < 1.29 is 9.90 Å². The highest BCUT2D eigenvalue weighted by Crippen LogP contribution is 2.25. The van der Waals surface area contributed by atoms with Crippen LogP contribution in [0.1, 0.15) is 36.8 Å². The van der Waals surface area contributed by atoms with Gasteiger partial charge in [0.25, 0.3) is 0 Å². The largest absolute Gasteiger partial charge is 0.480 e. The number of aryl methyl sites for hydroxylation is 2. The van der Waals surface area contributed by atoms with Crippen LogP contribution in [0.5, 0.6) is 0 Å². The molecule has 0 aromatic carbocycles. The second-order valence-corrected chi connectivity index (χ2v) is 4.46. The van der Waals surface area contributed by atoms with Crippen LogP contribution in [0.25, 0.3) is 0 Å². The Balaban J connectivity index is 2.32. The first-order valence-electron chi connectivity index (χ1n) is 5.93. The molecule has 0 radical (unpaired) electrons. The monoisotopic (exact) mass is 235 g/mol. The summed E-state index contributed by atoms with van der Waals surface area (Å²) >= 11 is 0. The Bertz CT molecular complexity index is 446. The van der Waals surface area contributed by atoms with E-state index in [1.165, 1.54) is 0 Å². The van der Waals surface area contributed by atoms with Crippen LogP contribution < -0.4 is 5.32 Å². The quantitative estimate of drug-likeness (QED) is 0.831. The van der Waals surface area contributed by atoms with Crippen molar-refractivity contribution in [1.29, 1.82) is 0 Å². The molecule has 0 saturated heterocycles. The lowest BCUT2D eigenvalue weighted by Crippen LogP contribution is -2.27. The van der Waals surface area contributed by atoms with Crippen LogP contribution in [0.2, 0.25) is 0 Å². The summed E-state index contributed by atoms with van der Waals surface area (Å²) in [5.41, 5.74) is 2.17. The first-order valence-corrected chi connectivity index (χ1v) is 5.93. The van der Waals surface area contributed by atoms with Gasteiger partial charge in [-0.15, -0.1) is 0 Å². The van der Waals surface area contributed by atoms with Gasteiger partial charge in [-0.3, -0.25) is 4.79 Å². The SMILES string of the molecule is Cc1nc2c(c(N[C@H](C)C(=O)O)n1)CCCC2. The molecular weight excluding hydrogens is 218 g/mol. The number of hydrogen-bond acceptors (Lipinski definition) is 4. The fourth-order valence-corrected chi connectivity index (χ4v) is 2.10. The molecule has 17 heavy (non-hydrogen) atoms. The number of aliphatic carboxylic acids is 1. The molecule has 0 saturated carbocycles. The second kappa shape index (κ2) is 4.69. The van der Waals surface area contributed by atoms with Crippen molar-refractivity contribution in [2.75, 3.05) is 5.32 Å². The maximum Gasteiger partial charge on any atom is 0.325 e. The Hall–Kier alpha value is -1.65. The normalized spacial score (nSPS) is 16.1. The van der Waals surface area contributed by atoms with E-state index >= 15 is 0 Å². The minimum atomic E-state index is -0.870. The van der Waals surface area contributed by atoms with E-state index < -0.39 is 12.0 Å². The van der Waals surface area contributed by atoms with Gasteiger partial charge in [-0.1, -0.05) is 0 Å². The smallest absolute Gasteiger partial charge is 0.325 e. The third kappa shape index (κ3) is 2.54. The number of fused-ring (bicyclic) bond motifs is 1. The molecule has 1 aromatic heterocycles. The zero-order valence-corrected chi connectivity index (χ0v) is 10.2. The summed E-state index contributed by atoms with van der Waals surface area (Å²) < 4.78 is 0. The number of carboxylic acids is 1. The zero-order valence-electron chi connectivity index (χ0n) is 10.2. The van der Waals surface area contributed by atoms with E-state index in [1.54, 1.807) is 6.92 Å². The lowest BCUT2D eigenvalue weighted by Gasteiger charge is -2.20. The third-order valence-electron chi connectivity index (χ3n) is 3.02. The number of carbonyl (C=O) groups is 1. The molecule has 2 N–H and O–H groups in total. The lowest BCUT2D eigenvalue weighted by atomic mass is 9.96.